The standard InChI is InChI=1S/C35H43N5O2/c1-22-9-13-26(14-10-22)40-31(21-30(39-40)35(2,3)4)38-34(42)37-29-8-6-5-7-27(29)32(24-15-17-36-18-16-24)33(41)28-20-23-11-12-25(28)19-23/h5-14,21,23-25,28,32,36H,15-20H2,1-4H3,(H2,37,38,42). The molecular formula is C35H43N5O2. The summed E-state index contributed by atoms with van der Waals surface area (Å²) in [6.07, 6.45) is 8.52. The van der Waals surface area contributed by atoms with E-state index in [2.05, 4.69) is 48.9 Å². The average molecular weight is 566 g/mol. The van der Waals surface area contributed by atoms with E-state index in [0.717, 1.165) is 61.3 Å². The van der Waals surface area contributed by atoms with Crippen molar-refractivity contribution in [1.82, 2.24) is 15.1 Å². The molecule has 1 aromatic heterocycles. The fourth-order valence-electron chi connectivity index (χ4n) is 7.03. The van der Waals surface area contributed by atoms with Gasteiger partial charge < -0.3 is 10.6 Å². The molecule has 1 saturated heterocycles. The molecule has 3 N–H and O–H groups in total. The Morgan fingerprint density at radius 2 is 1.71 bits per heavy atom. The van der Waals surface area contributed by atoms with Gasteiger partial charge in [-0.05, 0) is 87.2 Å². The first-order valence-corrected chi connectivity index (χ1v) is 15.4. The highest BCUT2D eigenvalue weighted by molar-refractivity contribution is 6.01. The molecule has 2 aliphatic carbocycles. The van der Waals surface area contributed by atoms with Crippen LogP contribution >= 0.6 is 0 Å². The van der Waals surface area contributed by atoms with E-state index in [9.17, 15) is 9.59 Å². The van der Waals surface area contributed by atoms with E-state index < -0.39 is 0 Å². The molecule has 0 radical (unpaired) electrons. The third-order valence-electron chi connectivity index (χ3n) is 9.35. The van der Waals surface area contributed by atoms with Crippen molar-refractivity contribution in [3.63, 3.8) is 0 Å². The van der Waals surface area contributed by atoms with Crippen molar-refractivity contribution in [3.8, 4) is 5.69 Å². The van der Waals surface area contributed by atoms with Gasteiger partial charge in [0.25, 0.3) is 0 Å². The zero-order chi connectivity index (χ0) is 29.4. The second kappa shape index (κ2) is 11.5. The van der Waals surface area contributed by atoms with E-state index in [4.69, 9.17) is 5.10 Å². The Hall–Kier alpha value is -3.71. The lowest BCUT2D eigenvalue weighted by atomic mass is 9.72. The fourth-order valence-corrected chi connectivity index (χ4v) is 7.03. The molecular weight excluding hydrogens is 522 g/mol. The summed E-state index contributed by atoms with van der Waals surface area (Å²) in [5, 5.41) is 14.5. The molecule has 4 atom stereocenters. The minimum absolute atomic E-state index is 0.0708. The summed E-state index contributed by atoms with van der Waals surface area (Å²) >= 11 is 0. The van der Waals surface area contributed by atoms with Crippen LogP contribution < -0.4 is 16.0 Å². The molecule has 6 rings (SSSR count). The second-order valence-electron chi connectivity index (χ2n) is 13.4. The Kier molecular flexibility index (Phi) is 7.79. The summed E-state index contributed by atoms with van der Waals surface area (Å²) in [5.74, 6) is 1.93. The summed E-state index contributed by atoms with van der Waals surface area (Å²) in [6, 6.07) is 17.6. The average Bonchev–Trinajstić information content (AvgIpc) is 3.72. The van der Waals surface area contributed by atoms with Crippen molar-refractivity contribution in [2.24, 2.45) is 23.7 Å². The molecule has 7 heteroatoms. The van der Waals surface area contributed by atoms with Crippen LogP contribution in [0.1, 0.15) is 69.2 Å². The predicted octanol–water partition coefficient (Wildman–Crippen LogP) is 6.99. The molecule has 0 spiro atoms. The summed E-state index contributed by atoms with van der Waals surface area (Å²) in [6.45, 7) is 10.2. The fraction of sp³-hybridized carbons (Fsp3) is 0.457. The van der Waals surface area contributed by atoms with E-state index in [0.29, 0.717) is 29.1 Å². The Labute approximate surface area is 249 Å². The second-order valence-corrected chi connectivity index (χ2v) is 13.4. The molecule has 2 heterocycles. The van der Waals surface area contributed by atoms with Crippen LogP contribution in [0.3, 0.4) is 0 Å². The highest BCUT2D eigenvalue weighted by Crippen LogP contribution is 2.48. The topological polar surface area (TPSA) is 88.1 Å². The number of para-hydroxylation sites is 1. The van der Waals surface area contributed by atoms with Gasteiger partial charge >= 0.3 is 6.03 Å². The number of ketones is 1. The first-order valence-electron chi connectivity index (χ1n) is 15.4. The Bertz CT molecular complexity index is 1480. The van der Waals surface area contributed by atoms with Crippen LogP contribution in [0.25, 0.3) is 5.69 Å². The number of aromatic nitrogens is 2. The smallest absolute Gasteiger partial charge is 0.317 e. The Morgan fingerprint density at radius 3 is 2.38 bits per heavy atom. The number of carbonyl (C=O) groups excluding carboxylic acids is 2. The third kappa shape index (κ3) is 5.80. The van der Waals surface area contributed by atoms with Crippen LogP contribution in [0.5, 0.6) is 0 Å². The molecule has 220 valence electrons. The van der Waals surface area contributed by atoms with Crippen molar-refractivity contribution < 1.29 is 9.59 Å². The zero-order valence-electron chi connectivity index (χ0n) is 25.2. The maximum Gasteiger partial charge on any atom is 0.324 e. The summed E-state index contributed by atoms with van der Waals surface area (Å²) < 4.78 is 1.79. The van der Waals surface area contributed by atoms with Gasteiger partial charge in [-0.3, -0.25) is 10.1 Å². The van der Waals surface area contributed by atoms with Gasteiger partial charge in [0, 0.05) is 29.0 Å². The van der Waals surface area contributed by atoms with Crippen molar-refractivity contribution in [3.05, 3.63) is 83.6 Å². The maximum absolute atomic E-state index is 14.3. The number of fused-ring (bicyclic) bond motifs is 2. The van der Waals surface area contributed by atoms with Gasteiger partial charge in [0.1, 0.15) is 11.6 Å². The Morgan fingerprint density at radius 1 is 0.976 bits per heavy atom. The SMILES string of the molecule is Cc1ccc(-n2nc(C(C)(C)C)cc2NC(=O)Nc2ccccc2C(C(=O)C2CC3C=CC2C3)C2CCNCC2)cc1. The lowest BCUT2D eigenvalue weighted by Crippen LogP contribution is -2.37. The molecule has 7 nitrogen and oxygen atoms in total. The van der Waals surface area contributed by atoms with E-state index in [1.165, 1.54) is 0 Å². The lowest BCUT2D eigenvalue weighted by Gasteiger charge is -2.34. The minimum atomic E-state index is -0.351. The van der Waals surface area contributed by atoms with Gasteiger partial charge in [-0.25, -0.2) is 9.48 Å². The summed E-state index contributed by atoms with van der Waals surface area (Å²) in [5.41, 5.74) is 4.36. The van der Waals surface area contributed by atoms with Gasteiger partial charge in [-0.15, -0.1) is 0 Å². The lowest BCUT2D eigenvalue weighted by molar-refractivity contribution is -0.126. The minimum Gasteiger partial charge on any atom is -0.317 e. The van der Waals surface area contributed by atoms with Crippen molar-refractivity contribution >= 4 is 23.3 Å². The van der Waals surface area contributed by atoms with Gasteiger partial charge in [0.05, 0.1) is 11.4 Å². The van der Waals surface area contributed by atoms with Crippen molar-refractivity contribution in [2.45, 2.75) is 64.7 Å². The van der Waals surface area contributed by atoms with Crippen LogP contribution in [0.15, 0.2) is 66.7 Å². The third-order valence-corrected chi connectivity index (χ3v) is 9.35. The van der Waals surface area contributed by atoms with Crippen LogP contribution in [-0.4, -0.2) is 34.7 Å². The normalized spacial score (nSPS) is 22.7. The van der Waals surface area contributed by atoms with Gasteiger partial charge in [-0.1, -0.05) is 68.8 Å². The number of amides is 2. The number of urea groups is 1. The number of carbonyl (C=O) groups is 2. The van der Waals surface area contributed by atoms with Crippen molar-refractivity contribution in [1.29, 1.82) is 0 Å². The highest BCUT2D eigenvalue weighted by atomic mass is 16.2. The zero-order valence-corrected chi connectivity index (χ0v) is 25.2. The molecule has 42 heavy (non-hydrogen) atoms. The molecule has 2 aromatic carbocycles. The van der Waals surface area contributed by atoms with Gasteiger partial charge in [0.15, 0.2) is 0 Å². The molecule has 3 aromatic rings. The van der Waals surface area contributed by atoms with E-state index in [1.54, 1.807) is 4.68 Å². The van der Waals surface area contributed by atoms with E-state index in [1.807, 2.05) is 61.5 Å². The summed E-state index contributed by atoms with van der Waals surface area (Å²) in [7, 11) is 0. The van der Waals surface area contributed by atoms with E-state index >= 15 is 0 Å². The Balaban J connectivity index is 1.28. The molecule has 4 unspecified atom stereocenters. The number of nitrogens with zero attached hydrogens (tertiary/aromatic N) is 2. The number of benzene rings is 2. The molecule has 1 aliphatic heterocycles. The molecule has 2 bridgehead atoms. The molecule has 3 aliphatic rings. The first-order chi connectivity index (χ1) is 20.2. The quantitative estimate of drug-likeness (QED) is 0.270. The number of aryl methyl sites for hydroxylation is 1. The molecule has 2 fully saturated rings. The number of nitrogens with one attached hydrogen (secondary N) is 3. The van der Waals surface area contributed by atoms with Gasteiger partial charge in [-0.2, -0.15) is 5.10 Å². The monoisotopic (exact) mass is 565 g/mol. The number of hydrogen-bond acceptors (Lipinski definition) is 4. The van der Waals surface area contributed by atoms with Crippen LogP contribution in [-0.2, 0) is 10.2 Å². The molecule has 1 saturated carbocycles. The molecule has 2 amide bonds. The largest absolute Gasteiger partial charge is 0.324 e. The predicted molar refractivity (Wildman–Crippen MR) is 168 cm³/mol. The first kappa shape index (κ1) is 28.4. The number of piperidine rings is 1. The van der Waals surface area contributed by atoms with Crippen LogP contribution in [0, 0.1) is 30.6 Å². The number of allylic oxidation sites excluding steroid dienone is 2. The number of anilines is 2. The maximum atomic E-state index is 14.3. The van der Waals surface area contributed by atoms with Crippen LogP contribution in [0.4, 0.5) is 16.3 Å². The summed E-state index contributed by atoms with van der Waals surface area (Å²) in [4.78, 5) is 27.9. The number of hydrogen-bond donors (Lipinski definition) is 3. The highest BCUT2D eigenvalue weighted by Gasteiger charge is 2.44. The van der Waals surface area contributed by atoms with Crippen LogP contribution in [0.2, 0.25) is 0 Å². The van der Waals surface area contributed by atoms with Crippen molar-refractivity contribution in [2.75, 3.05) is 23.7 Å². The van der Waals surface area contributed by atoms with Gasteiger partial charge in [0.2, 0.25) is 0 Å². The number of Topliss-reactive ketones (excluding diaryl/α,β-unsaturated/α-hetero) is 1. The number of rotatable bonds is 7. The van der Waals surface area contributed by atoms with E-state index in [-0.39, 0.29) is 29.2 Å².